The third-order valence-corrected chi connectivity index (χ3v) is 4.79. The molecule has 0 aliphatic carbocycles. The van der Waals surface area contributed by atoms with Crippen molar-refractivity contribution in [3.05, 3.63) is 30.3 Å². The second-order valence-electron chi connectivity index (χ2n) is 6.14. The lowest BCUT2D eigenvalue weighted by molar-refractivity contribution is -0.137. The van der Waals surface area contributed by atoms with Crippen molar-refractivity contribution >= 4 is 24.0 Å². The molecule has 0 aromatic heterocycles. The summed E-state index contributed by atoms with van der Waals surface area (Å²) in [6, 6.07) is 10.8. The van der Waals surface area contributed by atoms with E-state index in [-0.39, 0.29) is 18.3 Å². The number of piperazine rings is 1. The molecule has 2 aliphatic heterocycles. The largest absolute Gasteiger partial charge is 0.368 e. The van der Waals surface area contributed by atoms with Crippen LogP contribution >= 0.6 is 12.4 Å². The summed E-state index contributed by atoms with van der Waals surface area (Å²) in [6.45, 7) is 6.75. The number of nitrogens with one attached hydrogen (secondary N) is 1. The first-order chi connectivity index (χ1) is 10.3. The molecule has 3 rings (SSSR count). The van der Waals surface area contributed by atoms with Crippen LogP contribution < -0.4 is 10.2 Å². The van der Waals surface area contributed by atoms with Gasteiger partial charge in [0, 0.05) is 37.9 Å². The van der Waals surface area contributed by atoms with Gasteiger partial charge in [0.05, 0.1) is 5.92 Å². The van der Waals surface area contributed by atoms with Crippen LogP contribution in [0.25, 0.3) is 0 Å². The number of carbonyl (C=O) groups is 1. The molecule has 22 heavy (non-hydrogen) atoms. The Morgan fingerprint density at radius 3 is 2.45 bits per heavy atom. The van der Waals surface area contributed by atoms with Gasteiger partial charge in [-0.25, -0.2) is 0 Å². The second-order valence-corrected chi connectivity index (χ2v) is 6.14. The maximum absolute atomic E-state index is 12.7. The van der Waals surface area contributed by atoms with E-state index in [2.05, 4.69) is 46.3 Å². The van der Waals surface area contributed by atoms with E-state index >= 15 is 0 Å². The molecule has 1 amide bonds. The van der Waals surface area contributed by atoms with E-state index < -0.39 is 0 Å². The fraction of sp³-hybridized carbons (Fsp3) is 0.588. The van der Waals surface area contributed by atoms with Crippen LogP contribution in [0.2, 0.25) is 0 Å². The SMILES string of the molecule is CC1NCCCC1C(=O)N1CCN(c2ccccc2)CC1.Cl. The summed E-state index contributed by atoms with van der Waals surface area (Å²) in [4.78, 5) is 17.1. The number of anilines is 1. The average Bonchev–Trinajstić information content (AvgIpc) is 2.56. The highest BCUT2D eigenvalue weighted by atomic mass is 35.5. The first-order valence-electron chi connectivity index (χ1n) is 8.08. The Bertz CT molecular complexity index is 474. The highest BCUT2D eigenvalue weighted by Crippen LogP contribution is 2.21. The molecule has 1 aromatic rings. The van der Waals surface area contributed by atoms with Crippen molar-refractivity contribution in [2.24, 2.45) is 5.92 Å². The molecule has 1 aromatic carbocycles. The predicted molar refractivity (Wildman–Crippen MR) is 92.7 cm³/mol. The number of amides is 1. The van der Waals surface area contributed by atoms with E-state index in [1.54, 1.807) is 0 Å². The summed E-state index contributed by atoms with van der Waals surface area (Å²) >= 11 is 0. The molecule has 2 atom stereocenters. The maximum Gasteiger partial charge on any atom is 0.227 e. The fourth-order valence-electron chi connectivity index (χ4n) is 3.44. The first-order valence-corrected chi connectivity index (χ1v) is 8.08. The Morgan fingerprint density at radius 1 is 1.14 bits per heavy atom. The first kappa shape index (κ1) is 17.1. The molecule has 4 nitrogen and oxygen atoms in total. The topological polar surface area (TPSA) is 35.6 Å². The van der Waals surface area contributed by atoms with Gasteiger partial charge in [0.15, 0.2) is 0 Å². The highest BCUT2D eigenvalue weighted by Gasteiger charge is 2.32. The van der Waals surface area contributed by atoms with Crippen LogP contribution in [0.4, 0.5) is 5.69 Å². The Hall–Kier alpha value is -1.26. The molecule has 0 radical (unpaired) electrons. The van der Waals surface area contributed by atoms with Crippen LogP contribution in [0, 0.1) is 5.92 Å². The third-order valence-electron chi connectivity index (χ3n) is 4.79. The van der Waals surface area contributed by atoms with E-state index in [0.29, 0.717) is 11.9 Å². The van der Waals surface area contributed by atoms with Crippen molar-refractivity contribution in [2.75, 3.05) is 37.6 Å². The maximum atomic E-state index is 12.7. The lowest BCUT2D eigenvalue weighted by Gasteiger charge is -2.39. The molecular weight excluding hydrogens is 298 g/mol. The van der Waals surface area contributed by atoms with Gasteiger partial charge < -0.3 is 15.1 Å². The van der Waals surface area contributed by atoms with Crippen LogP contribution in [0.5, 0.6) is 0 Å². The monoisotopic (exact) mass is 323 g/mol. The number of hydrogen-bond donors (Lipinski definition) is 1. The van der Waals surface area contributed by atoms with Gasteiger partial charge in [-0.05, 0) is 38.4 Å². The van der Waals surface area contributed by atoms with Gasteiger partial charge in [-0.15, -0.1) is 12.4 Å². The Balaban J connectivity index is 0.00000176. The van der Waals surface area contributed by atoms with Crippen LogP contribution in [-0.2, 0) is 4.79 Å². The van der Waals surface area contributed by atoms with Crippen molar-refractivity contribution in [3.63, 3.8) is 0 Å². The number of para-hydroxylation sites is 1. The molecule has 2 fully saturated rings. The minimum atomic E-state index is 0. The summed E-state index contributed by atoms with van der Waals surface area (Å²) in [6.07, 6.45) is 2.15. The summed E-state index contributed by atoms with van der Waals surface area (Å²) in [7, 11) is 0. The Kier molecular flexibility index (Phi) is 6.09. The summed E-state index contributed by atoms with van der Waals surface area (Å²) in [5.41, 5.74) is 1.26. The predicted octanol–water partition coefficient (Wildman–Crippen LogP) is 2.15. The van der Waals surface area contributed by atoms with Crippen LogP contribution in [0.15, 0.2) is 30.3 Å². The molecular formula is C17H26ClN3O. The molecule has 122 valence electrons. The summed E-state index contributed by atoms with van der Waals surface area (Å²) in [5.74, 6) is 0.518. The Morgan fingerprint density at radius 2 is 1.82 bits per heavy atom. The van der Waals surface area contributed by atoms with Crippen molar-refractivity contribution < 1.29 is 4.79 Å². The van der Waals surface area contributed by atoms with Gasteiger partial charge in [-0.3, -0.25) is 4.79 Å². The third kappa shape index (κ3) is 3.73. The second kappa shape index (κ2) is 7.84. The normalized spacial score (nSPS) is 25.5. The minimum absolute atomic E-state index is 0. The number of halogens is 1. The van der Waals surface area contributed by atoms with Crippen LogP contribution in [0.3, 0.4) is 0 Å². The number of nitrogens with zero attached hydrogens (tertiary/aromatic N) is 2. The molecule has 5 heteroatoms. The highest BCUT2D eigenvalue weighted by molar-refractivity contribution is 5.85. The quantitative estimate of drug-likeness (QED) is 0.906. The van der Waals surface area contributed by atoms with Crippen molar-refractivity contribution in [2.45, 2.75) is 25.8 Å². The molecule has 0 saturated carbocycles. The van der Waals surface area contributed by atoms with Gasteiger partial charge in [-0.1, -0.05) is 18.2 Å². The number of rotatable bonds is 2. The zero-order valence-corrected chi connectivity index (χ0v) is 14.0. The van der Waals surface area contributed by atoms with Crippen LogP contribution in [0.1, 0.15) is 19.8 Å². The summed E-state index contributed by atoms with van der Waals surface area (Å²) < 4.78 is 0. The fourth-order valence-corrected chi connectivity index (χ4v) is 3.44. The van der Waals surface area contributed by atoms with E-state index in [1.807, 2.05) is 6.07 Å². The lowest BCUT2D eigenvalue weighted by Crippen LogP contribution is -2.54. The number of benzene rings is 1. The van der Waals surface area contributed by atoms with Crippen molar-refractivity contribution in [1.29, 1.82) is 0 Å². The van der Waals surface area contributed by atoms with Gasteiger partial charge in [0.2, 0.25) is 5.91 Å². The minimum Gasteiger partial charge on any atom is -0.368 e. The lowest BCUT2D eigenvalue weighted by atomic mass is 9.90. The van der Waals surface area contributed by atoms with Crippen LogP contribution in [-0.4, -0.2) is 49.6 Å². The average molecular weight is 324 g/mol. The molecule has 0 bridgehead atoms. The van der Waals surface area contributed by atoms with Gasteiger partial charge >= 0.3 is 0 Å². The summed E-state index contributed by atoms with van der Waals surface area (Å²) in [5, 5.41) is 3.43. The molecule has 1 N–H and O–H groups in total. The van der Waals surface area contributed by atoms with Gasteiger partial charge in [0.1, 0.15) is 0 Å². The molecule has 2 aliphatic rings. The van der Waals surface area contributed by atoms with Crippen molar-refractivity contribution in [3.8, 4) is 0 Å². The number of piperidine rings is 1. The molecule has 2 unspecified atom stereocenters. The zero-order valence-electron chi connectivity index (χ0n) is 13.2. The smallest absolute Gasteiger partial charge is 0.227 e. The Labute approximate surface area is 139 Å². The molecule has 2 heterocycles. The van der Waals surface area contributed by atoms with E-state index in [4.69, 9.17) is 0 Å². The standard InChI is InChI=1S/C17H25N3O.ClH/c1-14-16(8-5-9-18-14)17(21)20-12-10-19(11-13-20)15-6-3-2-4-7-15;/h2-4,6-7,14,16,18H,5,8-13H2,1H3;1H. The number of hydrogen-bond acceptors (Lipinski definition) is 3. The van der Waals surface area contributed by atoms with E-state index in [9.17, 15) is 4.79 Å². The van der Waals surface area contributed by atoms with E-state index in [0.717, 1.165) is 45.6 Å². The van der Waals surface area contributed by atoms with Gasteiger partial charge in [0.25, 0.3) is 0 Å². The zero-order chi connectivity index (χ0) is 14.7. The van der Waals surface area contributed by atoms with Gasteiger partial charge in [-0.2, -0.15) is 0 Å². The number of carbonyl (C=O) groups excluding carboxylic acids is 1. The molecule has 0 spiro atoms. The van der Waals surface area contributed by atoms with E-state index in [1.165, 1.54) is 5.69 Å². The molecule has 2 saturated heterocycles. The van der Waals surface area contributed by atoms with Crippen molar-refractivity contribution in [1.82, 2.24) is 10.2 Å².